The summed E-state index contributed by atoms with van der Waals surface area (Å²) in [6, 6.07) is 5.50. The zero-order valence-corrected chi connectivity index (χ0v) is 13.3. The van der Waals surface area contributed by atoms with Crippen LogP contribution in [0.15, 0.2) is 24.3 Å². The molecule has 1 fully saturated rings. The zero-order chi connectivity index (χ0) is 16.1. The summed E-state index contributed by atoms with van der Waals surface area (Å²) in [5.74, 6) is -1.21. The predicted molar refractivity (Wildman–Crippen MR) is 84.3 cm³/mol. The molecule has 1 aromatic carbocycles. The second kappa shape index (κ2) is 7.70. The first kappa shape index (κ1) is 16.9. The van der Waals surface area contributed by atoms with Crippen LogP contribution in [0.1, 0.15) is 38.3 Å². The number of halogens is 1. The van der Waals surface area contributed by atoms with Crippen molar-refractivity contribution in [1.82, 2.24) is 9.80 Å². The Bertz CT molecular complexity index is 492. The van der Waals surface area contributed by atoms with E-state index in [-0.39, 0.29) is 5.82 Å². The number of nitrogens with zero attached hydrogens (tertiary/aromatic N) is 2. The number of rotatable bonds is 6. The van der Waals surface area contributed by atoms with Crippen LogP contribution >= 0.6 is 0 Å². The average molecular weight is 308 g/mol. The number of aliphatic carboxylic acids is 1. The van der Waals surface area contributed by atoms with Crippen molar-refractivity contribution in [2.75, 3.05) is 26.2 Å². The van der Waals surface area contributed by atoms with Crippen molar-refractivity contribution < 1.29 is 14.3 Å². The number of carbonyl (C=O) groups is 1. The third-order valence-electron chi connectivity index (χ3n) is 4.40. The van der Waals surface area contributed by atoms with E-state index in [0.717, 1.165) is 39.0 Å². The van der Waals surface area contributed by atoms with Crippen molar-refractivity contribution in [3.8, 4) is 0 Å². The van der Waals surface area contributed by atoms with Crippen LogP contribution in [0.3, 0.4) is 0 Å². The second-order valence-electron chi connectivity index (χ2n) is 5.89. The van der Waals surface area contributed by atoms with E-state index in [4.69, 9.17) is 0 Å². The fourth-order valence-electron chi connectivity index (χ4n) is 3.27. The minimum Gasteiger partial charge on any atom is -0.480 e. The van der Waals surface area contributed by atoms with Gasteiger partial charge in [0.25, 0.3) is 0 Å². The molecule has 2 unspecified atom stereocenters. The van der Waals surface area contributed by atoms with Gasteiger partial charge in [-0.2, -0.15) is 0 Å². The Morgan fingerprint density at radius 3 is 2.55 bits per heavy atom. The monoisotopic (exact) mass is 308 g/mol. The van der Waals surface area contributed by atoms with Crippen molar-refractivity contribution in [2.45, 2.75) is 38.8 Å². The number of hydrogen-bond acceptors (Lipinski definition) is 3. The maximum absolute atomic E-state index is 13.1. The van der Waals surface area contributed by atoms with Crippen LogP contribution in [0.25, 0.3) is 0 Å². The lowest BCUT2D eigenvalue weighted by Gasteiger charge is -2.43. The molecule has 5 heteroatoms. The van der Waals surface area contributed by atoms with Gasteiger partial charge in [0.1, 0.15) is 11.9 Å². The van der Waals surface area contributed by atoms with Gasteiger partial charge in [0.05, 0.1) is 0 Å². The van der Waals surface area contributed by atoms with Gasteiger partial charge in [-0.3, -0.25) is 14.6 Å². The lowest BCUT2D eigenvalue weighted by molar-refractivity contribution is -0.145. The molecule has 1 saturated heterocycles. The molecule has 0 saturated carbocycles. The minimum absolute atomic E-state index is 0.341. The molecule has 4 nitrogen and oxygen atoms in total. The van der Waals surface area contributed by atoms with Crippen LogP contribution in [0.5, 0.6) is 0 Å². The van der Waals surface area contributed by atoms with E-state index >= 15 is 0 Å². The van der Waals surface area contributed by atoms with Crippen molar-refractivity contribution >= 4 is 5.97 Å². The van der Waals surface area contributed by atoms with Crippen LogP contribution in [0.4, 0.5) is 4.39 Å². The van der Waals surface area contributed by atoms with Crippen LogP contribution in [-0.4, -0.2) is 53.1 Å². The molecule has 1 aliphatic heterocycles. The Morgan fingerprint density at radius 2 is 2.00 bits per heavy atom. The fourth-order valence-corrected chi connectivity index (χ4v) is 3.27. The molecule has 0 bridgehead atoms. The maximum atomic E-state index is 13.1. The van der Waals surface area contributed by atoms with E-state index in [1.54, 1.807) is 12.1 Å². The molecular formula is C17H25FN2O2. The number of hydrogen-bond donors (Lipinski definition) is 1. The van der Waals surface area contributed by atoms with Gasteiger partial charge in [-0.05, 0) is 37.1 Å². The number of carboxylic acids is 1. The molecule has 0 amide bonds. The van der Waals surface area contributed by atoms with Gasteiger partial charge in [0, 0.05) is 25.7 Å². The molecule has 0 aromatic heterocycles. The summed E-state index contributed by atoms with van der Waals surface area (Å²) >= 11 is 0. The van der Waals surface area contributed by atoms with Gasteiger partial charge in [-0.15, -0.1) is 0 Å². The fraction of sp³-hybridized carbons (Fsp3) is 0.588. The SMILES string of the molecule is CCCN1CCN(C(C(=O)O)c2ccc(F)cc2)CC1CC. The summed E-state index contributed by atoms with van der Waals surface area (Å²) in [5, 5.41) is 9.63. The highest BCUT2D eigenvalue weighted by Gasteiger charge is 2.33. The van der Waals surface area contributed by atoms with Crippen molar-refractivity contribution in [3.05, 3.63) is 35.6 Å². The lowest BCUT2D eigenvalue weighted by Crippen LogP contribution is -2.54. The normalized spacial score (nSPS) is 21.7. The van der Waals surface area contributed by atoms with Gasteiger partial charge < -0.3 is 5.11 Å². The maximum Gasteiger partial charge on any atom is 0.325 e. The Labute approximate surface area is 131 Å². The van der Waals surface area contributed by atoms with Crippen LogP contribution in [0.2, 0.25) is 0 Å². The molecule has 1 heterocycles. The number of piperazine rings is 1. The molecule has 2 rings (SSSR count). The van der Waals surface area contributed by atoms with Crippen molar-refractivity contribution in [3.63, 3.8) is 0 Å². The van der Waals surface area contributed by atoms with Gasteiger partial charge in [-0.25, -0.2) is 4.39 Å². The molecule has 1 aromatic rings. The Kier molecular flexibility index (Phi) is 5.91. The molecule has 1 N–H and O–H groups in total. The Balaban J connectivity index is 2.16. The van der Waals surface area contributed by atoms with Crippen LogP contribution in [-0.2, 0) is 4.79 Å². The Morgan fingerprint density at radius 1 is 1.32 bits per heavy atom. The molecule has 1 aliphatic rings. The van der Waals surface area contributed by atoms with E-state index in [1.807, 2.05) is 4.90 Å². The summed E-state index contributed by atoms with van der Waals surface area (Å²) in [5.41, 5.74) is 0.646. The topological polar surface area (TPSA) is 43.8 Å². The third kappa shape index (κ3) is 3.84. The minimum atomic E-state index is -0.870. The zero-order valence-electron chi connectivity index (χ0n) is 13.3. The molecule has 122 valence electrons. The first-order valence-corrected chi connectivity index (χ1v) is 8.03. The molecule has 0 radical (unpaired) electrons. The molecule has 0 spiro atoms. The Hall–Kier alpha value is -1.46. The van der Waals surface area contributed by atoms with Crippen LogP contribution < -0.4 is 0 Å². The van der Waals surface area contributed by atoms with Crippen molar-refractivity contribution in [1.29, 1.82) is 0 Å². The number of benzene rings is 1. The second-order valence-corrected chi connectivity index (χ2v) is 5.89. The first-order chi connectivity index (χ1) is 10.6. The highest BCUT2D eigenvalue weighted by Crippen LogP contribution is 2.25. The summed E-state index contributed by atoms with van der Waals surface area (Å²) in [7, 11) is 0. The lowest BCUT2D eigenvalue weighted by atomic mass is 10.0. The van der Waals surface area contributed by atoms with E-state index in [9.17, 15) is 14.3 Å². The summed E-state index contributed by atoms with van der Waals surface area (Å²) < 4.78 is 13.1. The standard InChI is InChI=1S/C17H25FN2O2/c1-3-9-19-10-11-20(12-15(19)4-2)16(17(21)22)13-5-7-14(18)8-6-13/h5-8,15-16H,3-4,9-12H2,1-2H3,(H,21,22). The molecule has 22 heavy (non-hydrogen) atoms. The highest BCUT2D eigenvalue weighted by atomic mass is 19.1. The molecular weight excluding hydrogens is 283 g/mol. The first-order valence-electron chi connectivity index (χ1n) is 8.03. The molecule has 2 atom stereocenters. The largest absolute Gasteiger partial charge is 0.480 e. The quantitative estimate of drug-likeness (QED) is 0.877. The number of carboxylic acid groups (broad SMARTS) is 1. The summed E-state index contributed by atoms with van der Waals surface area (Å²) in [6.45, 7) is 7.72. The summed E-state index contributed by atoms with van der Waals surface area (Å²) in [4.78, 5) is 16.2. The van der Waals surface area contributed by atoms with Crippen molar-refractivity contribution in [2.24, 2.45) is 0 Å². The molecule has 0 aliphatic carbocycles. The van der Waals surface area contributed by atoms with Gasteiger partial charge >= 0.3 is 5.97 Å². The smallest absolute Gasteiger partial charge is 0.325 e. The van der Waals surface area contributed by atoms with Gasteiger partial charge in [0.2, 0.25) is 0 Å². The van der Waals surface area contributed by atoms with E-state index in [2.05, 4.69) is 18.7 Å². The average Bonchev–Trinajstić information content (AvgIpc) is 2.50. The van der Waals surface area contributed by atoms with Crippen LogP contribution in [0, 0.1) is 5.82 Å². The summed E-state index contributed by atoms with van der Waals surface area (Å²) in [6.07, 6.45) is 2.11. The van der Waals surface area contributed by atoms with Gasteiger partial charge in [-0.1, -0.05) is 26.0 Å². The van der Waals surface area contributed by atoms with Gasteiger partial charge in [0.15, 0.2) is 0 Å². The highest BCUT2D eigenvalue weighted by molar-refractivity contribution is 5.75. The predicted octanol–water partition coefficient (Wildman–Crippen LogP) is 2.76. The van der Waals surface area contributed by atoms with E-state index in [1.165, 1.54) is 12.1 Å². The van der Waals surface area contributed by atoms with E-state index in [0.29, 0.717) is 11.6 Å². The van der Waals surface area contributed by atoms with E-state index < -0.39 is 12.0 Å². The third-order valence-corrected chi connectivity index (χ3v) is 4.40.